The molecule has 5 rings (SSSR count). The van der Waals surface area contributed by atoms with Gasteiger partial charge in [-0.3, -0.25) is 9.59 Å². The first-order chi connectivity index (χ1) is 21.8. The van der Waals surface area contributed by atoms with E-state index in [2.05, 4.69) is 46.4 Å². The number of rotatable bonds is 12. The van der Waals surface area contributed by atoms with Gasteiger partial charge in [-0.25, -0.2) is 9.82 Å². The average molecular weight is 611 g/mol. The van der Waals surface area contributed by atoms with Crippen LogP contribution in [0.1, 0.15) is 33.3 Å². The summed E-state index contributed by atoms with van der Waals surface area (Å²) >= 11 is 0. The molecule has 11 heteroatoms. The van der Waals surface area contributed by atoms with Crippen LogP contribution in [0.3, 0.4) is 0 Å². The molecule has 0 aliphatic carbocycles. The van der Waals surface area contributed by atoms with E-state index in [-0.39, 0.29) is 24.7 Å². The number of nitrogens with zero attached hydrogens (tertiary/aromatic N) is 2. The number of hydrazone groups is 1. The molecule has 230 valence electrons. The number of hydrogen-bond acceptors (Lipinski definition) is 7. The highest BCUT2D eigenvalue weighted by Gasteiger charge is 2.14. The second kappa shape index (κ2) is 14.1. The summed E-state index contributed by atoms with van der Waals surface area (Å²) in [6, 6.07) is 25.6. The topological polar surface area (TPSA) is 116 Å². The van der Waals surface area contributed by atoms with Gasteiger partial charge < -0.3 is 28.5 Å². The molecule has 0 atom stereocenters. The fraction of sp³-hybridized carbons (Fsp3) is 0.147. The number of benzene rings is 3. The predicted octanol–water partition coefficient (Wildman–Crippen LogP) is 6.20. The van der Waals surface area contributed by atoms with Crippen molar-refractivity contribution in [3.63, 3.8) is 0 Å². The van der Waals surface area contributed by atoms with Gasteiger partial charge in [-0.15, -0.1) is 0 Å². The van der Waals surface area contributed by atoms with Gasteiger partial charge in [0, 0.05) is 28.3 Å². The average Bonchev–Trinajstić information content (AvgIpc) is 3.65. The smallest absolute Gasteiger partial charge is 0.307 e. The van der Waals surface area contributed by atoms with E-state index >= 15 is 0 Å². The van der Waals surface area contributed by atoms with Crippen molar-refractivity contribution in [1.29, 1.82) is 0 Å². The fourth-order valence-corrected chi connectivity index (χ4v) is 4.57. The SMILES string of the molecule is COc1cccc(C=NNC(=O)c2ccc(COc3ccc(-n4c(C)ccc4C)cc3)o2)c1OCC(=O)Nc1cccc(F)c1. The van der Waals surface area contributed by atoms with Crippen molar-refractivity contribution < 1.29 is 32.6 Å². The van der Waals surface area contributed by atoms with Crippen LogP contribution in [0, 0.1) is 19.7 Å². The number of nitrogens with one attached hydrogen (secondary N) is 2. The van der Waals surface area contributed by atoms with Crippen LogP contribution in [0.4, 0.5) is 10.1 Å². The lowest BCUT2D eigenvalue weighted by atomic mass is 10.2. The molecule has 5 aromatic rings. The Labute approximate surface area is 259 Å². The molecule has 0 aliphatic heterocycles. The molecule has 0 unspecified atom stereocenters. The number of anilines is 1. The van der Waals surface area contributed by atoms with Crippen LogP contribution in [0.2, 0.25) is 0 Å². The number of amides is 2. The highest BCUT2D eigenvalue weighted by Crippen LogP contribution is 2.30. The highest BCUT2D eigenvalue weighted by atomic mass is 19.1. The molecule has 0 fully saturated rings. The summed E-state index contributed by atoms with van der Waals surface area (Å²) in [4.78, 5) is 25.0. The number of aromatic nitrogens is 1. The third-order valence-corrected chi connectivity index (χ3v) is 6.69. The maximum Gasteiger partial charge on any atom is 0.307 e. The molecule has 2 amide bonds. The second-order valence-corrected chi connectivity index (χ2v) is 9.92. The number of furan rings is 1. The van der Waals surface area contributed by atoms with E-state index in [1.54, 1.807) is 30.3 Å². The van der Waals surface area contributed by atoms with Gasteiger partial charge in [0.15, 0.2) is 23.9 Å². The Balaban J connectivity index is 1.15. The molecule has 0 saturated carbocycles. The minimum absolute atomic E-state index is 0.0517. The van der Waals surface area contributed by atoms with Gasteiger partial charge in [0.25, 0.3) is 5.91 Å². The second-order valence-electron chi connectivity index (χ2n) is 9.92. The molecule has 0 radical (unpaired) electrons. The van der Waals surface area contributed by atoms with Crippen molar-refractivity contribution in [1.82, 2.24) is 9.99 Å². The van der Waals surface area contributed by atoms with Gasteiger partial charge in [0.1, 0.15) is 23.9 Å². The summed E-state index contributed by atoms with van der Waals surface area (Å²) in [5.41, 5.74) is 6.48. The Morgan fingerprint density at radius 3 is 2.42 bits per heavy atom. The molecule has 3 aromatic carbocycles. The van der Waals surface area contributed by atoms with Crippen molar-refractivity contribution in [2.75, 3.05) is 19.0 Å². The summed E-state index contributed by atoms with van der Waals surface area (Å²) in [5.74, 6) is 0.217. The van der Waals surface area contributed by atoms with Gasteiger partial charge in [0.2, 0.25) is 0 Å². The standard InChI is InChI=1S/C34H31FN4O6/c1-22-10-11-23(2)39(22)27-12-14-28(15-13-27)43-20-29-16-17-31(45-29)34(41)38-36-19-24-6-4-9-30(42-3)33(24)44-21-32(40)37-26-8-5-7-25(35)18-26/h4-19H,20-21H2,1-3H3,(H,37,40)(H,38,41). The molecule has 10 nitrogen and oxygen atoms in total. The van der Waals surface area contributed by atoms with Crippen LogP contribution in [-0.2, 0) is 11.4 Å². The summed E-state index contributed by atoms with van der Waals surface area (Å²) in [7, 11) is 1.45. The van der Waals surface area contributed by atoms with Gasteiger partial charge in [-0.1, -0.05) is 12.1 Å². The number of aryl methyl sites for hydroxylation is 2. The van der Waals surface area contributed by atoms with Gasteiger partial charge >= 0.3 is 5.91 Å². The number of carbonyl (C=O) groups is 2. The van der Waals surface area contributed by atoms with Gasteiger partial charge in [-0.05, 0) is 92.7 Å². The lowest BCUT2D eigenvalue weighted by molar-refractivity contribution is -0.118. The van der Waals surface area contributed by atoms with E-state index in [4.69, 9.17) is 18.6 Å². The van der Waals surface area contributed by atoms with Gasteiger partial charge in [0.05, 0.1) is 13.3 Å². The molecular formula is C34H31FN4O6. The lowest BCUT2D eigenvalue weighted by Crippen LogP contribution is -2.21. The lowest BCUT2D eigenvalue weighted by Gasteiger charge is -2.13. The molecule has 0 saturated heterocycles. The first-order valence-corrected chi connectivity index (χ1v) is 14.0. The number of ether oxygens (including phenoxy) is 3. The van der Waals surface area contributed by atoms with Crippen LogP contribution in [0.15, 0.2) is 101 Å². The first kappa shape index (κ1) is 30.6. The summed E-state index contributed by atoms with van der Waals surface area (Å²) in [6.45, 7) is 3.87. The van der Waals surface area contributed by atoms with E-state index in [0.717, 1.165) is 17.1 Å². The van der Waals surface area contributed by atoms with Crippen LogP contribution < -0.4 is 25.0 Å². The van der Waals surface area contributed by atoms with Crippen molar-refractivity contribution in [2.24, 2.45) is 5.10 Å². The summed E-state index contributed by atoms with van der Waals surface area (Å²) < 4.78 is 38.1. The zero-order valence-corrected chi connectivity index (χ0v) is 24.9. The van der Waals surface area contributed by atoms with Crippen molar-refractivity contribution in [3.05, 3.63) is 125 Å². The normalized spacial score (nSPS) is 10.9. The van der Waals surface area contributed by atoms with Crippen LogP contribution >= 0.6 is 0 Å². The van der Waals surface area contributed by atoms with E-state index in [1.807, 2.05) is 24.3 Å². The molecule has 2 aromatic heterocycles. The number of para-hydroxylation sites is 1. The minimum Gasteiger partial charge on any atom is -0.493 e. The zero-order chi connectivity index (χ0) is 31.8. The Kier molecular flexibility index (Phi) is 9.58. The maximum atomic E-state index is 13.4. The zero-order valence-electron chi connectivity index (χ0n) is 24.9. The summed E-state index contributed by atoms with van der Waals surface area (Å²) in [6.07, 6.45) is 1.35. The van der Waals surface area contributed by atoms with E-state index in [1.165, 1.54) is 37.6 Å². The Bertz CT molecular complexity index is 1810. The monoisotopic (exact) mass is 610 g/mol. The van der Waals surface area contributed by atoms with E-state index in [0.29, 0.717) is 28.5 Å². The Morgan fingerprint density at radius 1 is 0.933 bits per heavy atom. The Hall–Kier alpha value is -5.84. The largest absolute Gasteiger partial charge is 0.493 e. The van der Waals surface area contributed by atoms with Crippen molar-refractivity contribution in [3.8, 4) is 22.9 Å². The molecule has 2 N–H and O–H groups in total. The van der Waals surface area contributed by atoms with Crippen molar-refractivity contribution in [2.45, 2.75) is 20.5 Å². The molecule has 0 bridgehead atoms. The third-order valence-electron chi connectivity index (χ3n) is 6.69. The number of methoxy groups -OCH3 is 1. The van der Waals surface area contributed by atoms with Crippen LogP contribution in [0.5, 0.6) is 17.2 Å². The van der Waals surface area contributed by atoms with Crippen LogP contribution in [0.25, 0.3) is 5.69 Å². The first-order valence-electron chi connectivity index (χ1n) is 14.0. The Morgan fingerprint density at radius 2 is 1.69 bits per heavy atom. The van der Waals surface area contributed by atoms with E-state index in [9.17, 15) is 14.0 Å². The number of halogens is 1. The highest BCUT2D eigenvalue weighted by molar-refractivity contribution is 5.94. The molecule has 0 spiro atoms. The maximum absolute atomic E-state index is 13.4. The van der Waals surface area contributed by atoms with Gasteiger partial charge in [-0.2, -0.15) is 5.10 Å². The number of carbonyl (C=O) groups excluding carboxylic acids is 2. The van der Waals surface area contributed by atoms with Crippen LogP contribution in [-0.4, -0.2) is 36.3 Å². The molecular weight excluding hydrogens is 579 g/mol. The fourth-order valence-electron chi connectivity index (χ4n) is 4.57. The number of hydrogen-bond donors (Lipinski definition) is 2. The third kappa shape index (κ3) is 7.77. The predicted molar refractivity (Wildman–Crippen MR) is 167 cm³/mol. The van der Waals surface area contributed by atoms with E-state index < -0.39 is 17.6 Å². The minimum atomic E-state index is -0.570. The van der Waals surface area contributed by atoms with Crippen molar-refractivity contribution >= 4 is 23.7 Å². The molecule has 0 aliphatic rings. The molecule has 2 heterocycles. The summed E-state index contributed by atoms with van der Waals surface area (Å²) in [5, 5.41) is 6.57. The quantitative estimate of drug-likeness (QED) is 0.128. The molecule has 45 heavy (non-hydrogen) atoms.